The molecule has 0 saturated heterocycles. The van der Waals surface area contributed by atoms with E-state index in [4.69, 9.17) is 9.47 Å². The fraction of sp³-hybridized carbons (Fsp3) is 0.412. The molecule has 6 nitrogen and oxygen atoms in total. The van der Waals surface area contributed by atoms with Crippen LogP contribution in [0.15, 0.2) is 29.8 Å². The zero-order valence-electron chi connectivity index (χ0n) is 13.8. The summed E-state index contributed by atoms with van der Waals surface area (Å²) < 4.78 is 9.93. The number of carbonyl (C=O) groups is 2. The highest BCUT2D eigenvalue weighted by atomic mass is 16.6. The number of hydrogen-bond donors (Lipinski definition) is 2. The number of esters is 2. The standard InChI is InChI=1S/C17H22O6/c1-5-12(3)16(20)23-10-17(21,9-22-13(4)18)14-7-6-11(2)8-15(14)19/h5-8,19,21H,9-10H2,1-4H3/b12-5-. The van der Waals surface area contributed by atoms with Crippen LogP contribution in [0.5, 0.6) is 5.75 Å². The van der Waals surface area contributed by atoms with Gasteiger partial charge in [0, 0.05) is 18.1 Å². The number of carbonyl (C=O) groups excluding carboxylic acids is 2. The third-order valence-corrected chi connectivity index (χ3v) is 3.37. The zero-order chi connectivity index (χ0) is 17.6. The fourth-order valence-electron chi connectivity index (χ4n) is 1.87. The quantitative estimate of drug-likeness (QED) is 0.614. The largest absolute Gasteiger partial charge is 0.508 e. The maximum Gasteiger partial charge on any atom is 0.333 e. The predicted molar refractivity (Wildman–Crippen MR) is 83.8 cm³/mol. The van der Waals surface area contributed by atoms with E-state index in [1.54, 1.807) is 32.9 Å². The smallest absolute Gasteiger partial charge is 0.333 e. The summed E-state index contributed by atoms with van der Waals surface area (Å²) in [5.41, 5.74) is -0.543. The average molecular weight is 322 g/mol. The Bertz CT molecular complexity index is 620. The van der Waals surface area contributed by atoms with Gasteiger partial charge in [0.15, 0.2) is 5.60 Å². The Balaban J connectivity index is 3.06. The van der Waals surface area contributed by atoms with Crippen molar-refractivity contribution in [2.75, 3.05) is 13.2 Å². The summed E-state index contributed by atoms with van der Waals surface area (Å²) in [7, 11) is 0. The topological polar surface area (TPSA) is 93.1 Å². The Kier molecular flexibility index (Phi) is 6.33. The van der Waals surface area contributed by atoms with E-state index in [0.29, 0.717) is 5.57 Å². The lowest BCUT2D eigenvalue weighted by Gasteiger charge is -2.28. The molecule has 0 aliphatic heterocycles. The molecule has 2 N–H and O–H groups in total. The van der Waals surface area contributed by atoms with E-state index in [2.05, 4.69) is 0 Å². The van der Waals surface area contributed by atoms with E-state index in [1.165, 1.54) is 19.1 Å². The van der Waals surface area contributed by atoms with E-state index in [0.717, 1.165) is 5.56 Å². The molecule has 0 aliphatic rings. The summed E-state index contributed by atoms with van der Waals surface area (Å²) in [5, 5.41) is 20.8. The van der Waals surface area contributed by atoms with Crippen molar-refractivity contribution >= 4 is 11.9 Å². The van der Waals surface area contributed by atoms with Gasteiger partial charge < -0.3 is 19.7 Å². The van der Waals surface area contributed by atoms with Gasteiger partial charge >= 0.3 is 11.9 Å². The second-order valence-corrected chi connectivity index (χ2v) is 5.38. The highest BCUT2D eigenvalue weighted by molar-refractivity contribution is 5.87. The Labute approximate surface area is 135 Å². The van der Waals surface area contributed by atoms with Crippen LogP contribution in [0.3, 0.4) is 0 Å². The normalized spacial score (nSPS) is 14.0. The molecular weight excluding hydrogens is 300 g/mol. The van der Waals surface area contributed by atoms with Gasteiger partial charge in [-0.3, -0.25) is 4.79 Å². The van der Waals surface area contributed by atoms with Crippen LogP contribution in [0.2, 0.25) is 0 Å². The first kappa shape index (κ1) is 18.7. The Morgan fingerprint density at radius 3 is 2.35 bits per heavy atom. The van der Waals surface area contributed by atoms with Crippen LogP contribution in [0.25, 0.3) is 0 Å². The van der Waals surface area contributed by atoms with Crippen LogP contribution in [-0.2, 0) is 24.7 Å². The van der Waals surface area contributed by atoms with Gasteiger partial charge in [-0.15, -0.1) is 0 Å². The maximum atomic E-state index is 11.8. The molecule has 0 radical (unpaired) electrons. The SMILES string of the molecule is C/C=C(/C)C(=O)OCC(O)(COC(C)=O)c1ccc(C)cc1O. The van der Waals surface area contributed by atoms with Crippen LogP contribution in [0, 0.1) is 6.92 Å². The number of aromatic hydroxyl groups is 1. The molecule has 1 unspecified atom stereocenters. The Morgan fingerprint density at radius 1 is 1.22 bits per heavy atom. The molecular formula is C17H22O6. The zero-order valence-corrected chi connectivity index (χ0v) is 13.8. The average Bonchev–Trinajstić information content (AvgIpc) is 2.49. The third-order valence-electron chi connectivity index (χ3n) is 3.37. The van der Waals surface area contributed by atoms with Crippen LogP contribution >= 0.6 is 0 Å². The highest BCUT2D eigenvalue weighted by Crippen LogP contribution is 2.31. The van der Waals surface area contributed by atoms with Gasteiger partial charge in [0.25, 0.3) is 0 Å². The van der Waals surface area contributed by atoms with Crippen molar-refractivity contribution in [2.45, 2.75) is 33.3 Å². The predicted octanol–water partition coefficient (Wildman–Crippen LogP) is 1.96. The lowest BCUT2D eigenvalue weighted by molar-refractivity contribution is -0.161. The first-order chi connectivity index (χ1) is 10.7. The second-order valence-electron chi connectivity index (χ2n) is 5.38. The first-order valence-electron chi connectivity index (χ1n) is 7.15. The number of phenolic OH excluding ortho intramolecular Hbond substituents is 1. The number of allylic oxidation sites excluding steroid dienone is 1. The summed E-state index contributed by atoms with van der Waals surface area (Å²) in [6, 6.07) is 4.66. The summed E-state index contributed by atoms with van der Waals surface area (Å²) in [5.74, 6) is -1.36. The van der Waals surface area contributed by atoms with Gasteiger partial charge in [-0.05, 0) is 32.4 Å². The molecule has 1 aromatic rings. The van der Waals surface area contributed by atoms with Crippen LogP contribution < -0.4 is 0 Å². The monoisotopic (exact) mass is 322 g/mol. The van der Waals surface area contributed by atoms with Crippen molar-refractivity contribution in [1.82, 2.24) is 0 Å². The molecule has 0 aromatic heterocycles. The molecule has 0 bridgehead atoms. The molecule has 1 aromatic carbocycles. The molecule has 0 heterocycles. The molecule has 0 aliphatic carbocycles. The highest BCUT2D eigenvalue weighted by Gasteiger charge is 2.35. The molecule has 23 heavy (non-hydrogen) atoms. The number of hydrogen-bond acceptors (Lipinski definition) is 6. The van der Waals surface area contributed by atoms with Gasteiger partial charge in [-0.25, -0.2) is 4.79 Å². The van der Waals surface area contributed by atoms with Gasteiger partial charge in [-0.2, -0.15) is 0 Å². The number of benzene rings is 1. The van der Waals surface area contributed by atoms with Crippen molar-refractivity contribution in [3.63, 3.8) is 0 Å². The Morgan fingerprint density at radius 2 is 1.83 bits per heavy atom. The number of phenols is 1. The van der Waals surface area contributed by atoms with Crippen molar-refractivity contribution in [3.8, 4) is 5.75 Å². The van der Waals surface area contributed by atoms with Gasteiger partial charge in [-0.1, -0.05) is 18.2 Å². The van der Waals surface area contributed by atoms with Gasteiger partial charge in [0.05, 0.1) is 0 Å². The Hall–Kier alpha value is -2.34. The maximum absolute atomic E-state index is 11.8. The number of ether oxygens (including phenoxy) is 2. The molecule has 0 spiro atoms. The lowest BCUT2D eigenvalue weighted by atomic mass is 9.93. The van der Waals surface area contributed by atoms with Crippen LogP contribution in [0.4, 0.5) is 0 Å². The van der Waals surface area contributed by atoms with Gasteiger partial charge in [0.2, 0.25) is 0 Å². The summed E-state index contributed by atoms with van der Waals surface area (Å²) in [6.45, 7) is 5.35. The summed E-state index contributed by atoms with van der Waals surface area (Å²) >= 11 is 0. The van der Waals surface area contributed by atoms with Crippen molar-refractivity contribution in [1.29, 1.82) is 0 Å². The minimum Gasteiger partial charge on any atom is -0.508 e. The van der Waals surface area contributed by atoms with Crippen molar-refractivity contribution in [2.24, 2.45) is 0 Å². The van der Waals surface area contributed by atoms with E-state index in [9.17, 15) is 19.8 Å². The molecule has 0 fully saturated rings. The molecule has 0 saturated carbocycles. The van der Waals surface area contributed by atoms with E-state index >= 15 is 0 Å². The third kappa shape index (κ3) is 5.10. The lowest BCUT2D eigenvalue weighted by Crippen LogP contribution is -2.38. The van der Waals surface area contributed by atoms with E-state index < -0.39 is 30.8 Å². The molecule has 1 atom stereocenters. The van der Waals surface area contributed by atoms with Crippen LogP contribution in [-0.4, -0.2) is 35.4 Å². The fourth-order valence-corrected chi connectivity index (χ4v) is 1.87. The minimum atomic E-state index is -1.84. The van der Waals surface area contributed by atoms with E-state index in [-0.39, 0.29) is 11.3 Å². The number of rotatable bonds is 6. The second kappa shape index (κ2) is 7.78. The number of aliphatic hydroxyl groups is 1. The van der Waals surface area contributed by atoms with Crippen LogP contribution in [0.1, 0.15) is 31.9 Å². The molecule has 126 valence electrons. The summed E-state index contributed by atoms with van der Waals surface area (Å²) in [4.78, 5) is 22.8. The first-order valence-corrected chi connectivity index (χ1v) is 7.15. The summed E-state index contributed by atoms with van der Waals surface area (Å²) in [6.07, 6.45) is 1.58. The molecule has 1 rings (SSSR count). The van der Waals surface area contributed by atoms with Crippen molar-refractivity contribution in [3.05, 3.63) is 41.0 Å². The van der Waals surface area contributed by atoms with Crippen molar-refractivity contribution < 1.29 is 29.3 Å². The van der Waals surface area contributed by atoms with E-state index in [1.807, 2.05) is 0 Å². The van der Waals surface area contributed by atoms with Gasteiger partial charge in [0.1, 0.15) is 19.0 Å². The molecule has 0 amide bonds. The number of aryl methyl sites for hydroxylation is 1. The molecule has 6 heteroatoms. The minimum absolute atomic E-state index is 0.121.